The number of carbonyl (C=O) groups excluding carboxylic acids is 5. The molecule has 0 bridgehead atoms. The minimum atomic E-state index is -1.20. The summed E-state index contributed by atoms with van der Waals surface area (Å²) in [4.78, 5) is 70.7. The van der Waals surface area contributed by atoms with E-state index in [2.05, 4.69) is 31.9 Å². The van der Waals surface area contributed by atoms with Gasteiger partial charge in [0.2, 0.25) is 17.7 Å². The van der Waals surface area contributed by atoms with E-state index in [4.69, 9.17) is 21.3 Å². The molecule has 16 heteroatoms. The summed E-state index contributed by atoms with van der Waals surface area (Å²) >= 11 is 0. The summed E-state index contributed by atoms with van der Waals surface area (Å²) in [5, 5.41) is 23.3. The quantitative estimate of drug-likeness (QED) is 0.113. The van der Waals surface area contributed by atoms with Crippen LogP contribution in [0.25, 0.3) is 0 Å². The van der Waals surface area contributed by atoms with Crippen LogP contribution in [0.1, 0.15) is 32.3 Å². The Morgan fingerprint density at radius 3 is 2.12 bits per heavy atom. The van der Waals surface area contributed by atoms with E-state index in [9.17, 15) is 28.8 Å². The maximum absolute atomic E-state index is 13.0. The summed E-state index contributed by atoms with van der Waals surface area (Å²) < 4.78 is 5.05. The molecule has 0 fully saturated rings. The standard InChI is InChI=1S/C24H38N8O8/c1-14(2)19(32-18(33)12-25)21(35)31-17(4-3-9-27-22(26)36)20(34)30-16-7-5-15(6-8-16)13-40-24(39)29-11-10-28-23(37)38/h5-8,14,17,19,28H,3-4,9-13,25H2,1-2H3,(H,29,39)(H,30,34)(H,31,35)(H,32,33)(H,37,38)(H3,26,27,36)/t17-,19?/m0/s1. The highest BCUT2D eigenvalue weighted by Crippen LogP contribution is 2.12. The Balaban J connectivity index is 2.77. The molecule has 0 heterocycles. The number of ether oxygens (including phenoxy) is 1. The molecule has 1 aromatic carbocycles. The van der Waals surface area contributed by atoms with Crippen LogP contribution < -0.4 is 43.4 Å². The fourth-order valence-corrected chi connectivity index (χ4v) is 3.26. The SMILES string of the molecule is CC(C)C(NC(=O)CN)C(=O)N[C@@H](CCCNC(N)=O)C(=O)Nc1ccc(COC(=O)NCCNC(=O)O)cc1. The van der Waals surface area contributed by atoms with Crippen LogP contribution in [-0.4, -0.2) is 79.3 Å². The molecule has 40 heavy (non-hydrogen) atoms. The van der Waals surface area contributed by atoms with Crippen molar-refractivity contribution in [1.29, 1.82) is 0 Å². The van der Waals surface area contributed by atoms with Gasteiger partial charge in [-0.2, -0.15) is 0 Å². The molecule has 0 saturated heterocycles. The molecule has 7 amide bonds. The van der Waals surface area contributed by atoms with Crippen molar-refractivity contribution in [2.24, 2.45) is 17.4 Å². The van der Waals surface area contributed by atoms with Crippen LogP contribution in [0.2, 0.25) is 0 Å². The number of carboxylic acid groups (broad SMARTS) is 1. The molecular formula is C24H38N8O8. The number of rotatable bonds is 16. The molecule has 11 N–H and O–H groups in total. The zero-order valence-corrected chi connectivity index (χ0v) is 22.5. The van der Waals surface area contributed by atoms with Gasteiger partial charge in [0, 0.05) is 25.3 Å². The third-order valence-corrected chi connectivity index (χ3v) is 5.31. The molecule has 1 aromatic rings. The van der Waals surface area contributed by atoms with Crippen LogP contribution in [0.3, 0.4) is 0 Å². The van der Waals surface area contributed by atoms with Gasteiger partial charge in [-0.05, 0) is 36.5 Å². The number of primary amides is 1. The summed E-state index contributed by atoms with van der Waals surface area (Å²) in [5.41, 5.74) is 11.4. The van der Waals surface area contributed by atoms with Gasteiger partial charge in [-0.3, -0.25) is 14.4 Å². The number of carbonyl (C=O) groups is 6. The van der Waals surface area contributed by atoms with Crippen LogP contribution >= 0.6 is 0 Å². The highest BCUT2D eigenvalue weighted by atomic mass is 16.5. The van der Waals surface area contributed by atoms with Gasteiger partial charge in [-0.25, -0.2) is 14.4 Å². The molecule has 0 spiro atoms. The van der Waals surface area contributed by atoms with E-state index < -0.39 is 48.0 Å². The lowest BCUT2D eigenvalue weighted by Gasteiger charge is -2.25. The first-order valence-corrected chi connectivity index (χ1v) is 12.5. The Labute approximate surface area is 231 Å². The number of nitrogens with two attached hydrogens (primary N) is 2. The van der Waals surface area contributed by atoms with Crippen molar-refractivity contribution >= 4 is 41.6 Å². The maximum atomic E-state index is 13.0. The summed E-state index contributed by atoms with van der Waals surface area (Å²) in [6, 6.07) is 3.77. The van der Waals surface area contributed by atoms with E-state index in [1.807, 2.05) is 0 Å². The van der Waals surface area contributed by atoms with E-state index >= 15 is 0 Å². The van der Waals surface area contributed by atoms with Gasteiger partial charge in [0.1, 0.15) is 18.7 Å². The van der Waals surface area contributed by atoms with Gasteiger partial charge in [0.15, 0.2) is 0 Å². The zero-order chi connectivity index (χ0) is 30.1. The normalized spacial score (nSPS) is 11.9. The van der Waals surface area contributed by atoms with E-state index in [-0.39, 0.29) is 45.1 Å². The average Bonchev–Trinajstić information content (AvgIpc) is 2.90. The summed E-state index contributed by atoms with van der Waals surface area (Å²) in [6.07, 6.45) is -1.44. The van der Waals surface area contributed by atoms with Crippen molar-refractivity contribution in [3.05, 3.63) is 29.8 Å². The molecule has 2 atom stereocenters. The molecule has 0 aliphatic rings. The third-order valence-electron chi connectivity index (χ3n) is 5.31. The molecule has 1 rings (SSSR count). The first-order valence-electron chi connectivity index (χ1n) is 12.5. The topological polar surface area (TPSA) is 256 Å². The summed E-state index contributed by atoms with van der Waals surface area (Å²) in [7, 11) is 0. The predicted octanol–water partition coefficient (Wildman–Crippen LogP) is -0.848. The van der Waals surface area contributed by atoms with E-state index in [0.29, 0.717) is 17.7 Å². The minimum Gasteiger partial charge on any atom is -0.465 e. The molecule has 0 aromatic heterocycles. The lowest BCUT2D eigenvalue weighted by molar-refractivity contribution is -0.131. The average molecular weight is 567 g/mol. The number of alkyl carbamates (subject to hydrolysis) is 1. The number of amides is 7. The number of benzene rings is 1. The number of hydrogen-bond acceptors (Lipinski definition) is 8. The Morgan fingerprint density at radius 1 is 0.900 bits per heavy atom. The van der Waals surface area contributed by atoms with Crippen molar-refractivity contribution in [3.8, 4) is 0 Å². The van der Waals surface area contributed by atoms with Gasteiger partial charge in [-0.15, -0.1) is 0 Å². The first kappa shape index (κ1) is 33.4. The molecular weight excluding hydrogens is 528 g/mol. The molecule has 1 unspecified atom stereocenters. The van der Waals surface area contributed by atoms with Gasteiger partial charge < -0.3 is 53.2 Å². The second kappa shape index (κ2) is 17.8. The molecule has 222 valence electrons. The largest absolute Gasteiger partial charge is 0.465 e. The molecule has 0 saturated carbocycles. The monoisotopic (exact) mass is 566 g/mol. The predicted molar refractivity (Wildman–Crippen MR) is 144 cm³/mol. The molecule has 0 aliphatic heterocycles. The van der Waals surface area contributed by atoms with Gasteiger partial charge in [0.05, 0.1) is 6.54 Å². The Bertz CT molecular complexity index is 1020. The maximum Gasteiger partial charge on any atom is 0.407 e. The fraction of sp³-hybridized carbons (Fsp3) is 0.500. The number of hydrogen-bond donors (Lipinski definition) is 9. The lowest BCUT2D eigenvalue weighted by atomic mass is 10.0. The number of urea groups is 1. The second-order valence-corrected chi connectivity index (χ2v) is 8.91. The van der Waals surface area contributed by atoms with E-state index in [1.165, 1.54) is 0 Å². The Hall–Kier alpha value is -4.60. The minimum absolute atomic E-state index is 0.0302. The van der Waals surface area contributed by atoms with Crippen LogP contribution in [0.15, 0.2) is 24.3 Å². The molecule has 16 nitrogen and oxygen atoms in total. The van der Waals surface area contributed by atoms with Gasteiger partial charge in [-0.1, -0.05) is 26.0 Å². The lowest BCUT2D eigenvalue weighted by Crippen LogP contribution is -2.55. The van der Waals surface area contributed by atoms with Crippen molar-refractivity contribution in [2.75, 3.05) is 31.5 Å². The van der Waals surface area contributed by atoms with Crippen LogP contribution in [0.4, 0.5) is 20.1 Å². The Kier molecular flexibility index (Phi) is 14.9. The fourth-order valence-electron chi connectivity index (χ4n) is 3.26. The third kappa shape index (κ3) is 13.8. The van der Waals surface area contributed by atoms with Crippen LogP contribution in [0.5, 0.6) is 0 Å². The first-order chi connectivity index (χ1) is 18.9. The highest BCUT2D eigenvalue weighted by molar-refractivity contribution is 5.98. The van der Waals surface area contributed by atoms with Gasteiger partial charge >= 0.3 is 18.2 Å². The Morgan fingerprint density at radius 2 is 1.55 bits per heavy atom. The molecule has 0 aliphatic carbocycles. The number of anilines is 1. The van der Waals surface area contributed by atoms with E-state index in [1.54, 1.807) is 38.1 Å². The van der Waals surface area contributed by atoms with E-state index in [0.717, 1.165) is 0 Å². The summed E-state index contributed by atoms with van der Waals surface area (Å²) in [5.74, 6) is -1.89. The van der Waals surface area contributed by atoms with Crippen molar-refractivity contribution in [3.63, 3.8) is 0 Å². The van der Waals surface area contributed by atoms with Crippen LogP contribution in [-0.2, 0) is 25.7 Å². The number of nitrogens with one attached hydrogen (secondary N) is 6. The second-order valence-electron chi connectivity index (χ2n) is 8.91. The molecule has 0 radical (unpaired) electrons. The zero-order valence-electron chi connectivity index (χ0n) is 22.5. The van der Waals surface area contributed by atoms with Gasteiger partial charge in [0.25, 0.3) is 0 Å². The smallest absolute Gasteiger partial charge is 0.407 e. The van der Waals surface area contributed by atoms with Crippen LogP contribution in [0, 0.1) is 5.92 Å². The highest BCUT2D eigenvalue weighted by Gasteiger charge is 2.28. The van der Waals surface area contributed by atoms with Crippen molar-refractivity contribution < 1.29 is 38.6 Å². The van der Waals surface area contributed by atoms with Crippen molar-refractivity contribution in [1.82, 2.24) is 26.6 Å². The summed E-state index contributed by atoms with van der Waals surface area (Å²) in [6.45, 7) is 3.38. The van der Waals surface area contributed by atoms with Crippen molar-refractivity contribution in [2.45, 2.75) is 45.4 Å².